The molecule has 2 heterocycles. The molecular weight excluding hydrogens is 490 g/mol. The molecule has 36 heavy (non-hydrogen) atoms. The highest BCUT2D eigenvalue weighted by atomic mass is 32.2. The van der Waals surface area contributed by atoms with Crippen molar-refractivity contribution in [1.82, 2.24) is 14.7 Å². The van der Waals surface area contributed by atoms with E-state index in [4.69, 9.17) is 4.74 Å². The van der Waals surface area contributed by atoms with E-state index in [9.17, 15) is 13.4 Å². The van der Waals surface area contributed by atoms with Crippen LogP contribution in [0.3, 0.4) is 0 Å². The number of halogens is 2. The first-order valence-electron chi connectivity index (χ1n) is 10.6. The average Bonchev–Trinajstić information content (AvgIpc) is 3.36. The maximum absolute atomic E-state index is 15.3. The predicted molar refractivity (Wildman–Crippen MR) is 131 cm³/mol. The van der Waals surface area contributed by atoms with Crippen LogP contribution < -0.4 is 15.0 Å². The van der Waals surface area contributed by atoms with E-state index in [1.807, 2.05) is 0 Å². The summed E-state index contributed by atoms with van der Waals surface area (Å²) in [6, 6.07) is 14.5. The zero-order valence-electron chi connectivity index (χ0n) is 19.0. The van der Waals surface area contributed by atoms with Crippen molar-refractivity contribution in [2.75, 3.05) is 11.8 Å². The Hall–Kier alpha value is -4.38. The molecule has 2 aromatic heterocycles. The van der Waals surface area contributed by atoms with Crippen LogP contribution in [0.15, 0.2) is 81.3 Å². The van der Waals surface area contributed by atoms with Crippen LogP contribution in [0.25, 0.3) is 27.7 Å². The number of hydrogen-bond acceptors (Lipinski definition) is 6. The molecule has 0 bridgehead atoms. The minimum atomic E-state index is -1.70. The average molecular weight is 509 g/mol. The second-order valence-electron chi connectivity index (χ2n) is 7.87. The first-order valence-corrected chi connectivity index (χ1v) is 11.7. The Labute approximate surface area is 205 Å². The third kappa shape index (κ3) is 4.36. The van der Waals surface area contributed by atoms with Crippen molar-refractivity contribution in [3.05, 3.63) is 94.6 Å². The van der Waals surface area contributed by atoms with Gasteiger partial charge in [-0.2, -0.15) is 4.98 Å². The molecule has 0 radical (unpaired) electrons. The maximum Gasteiger partial charge on any atom is 0.275 e. The highest BCUT2D eigenvalue weighted by Gasteiger charge is 2.18. The van der Waals surface area contributed by atoms with Gasteiger partial charge >= 0.3 is 0 Å². The highest BCUT2D eigenvalue weighted by Crippen LogP contribution is 2.34. The minimum absolute atomic E-state index is 0.0622. The van der Waals surface area contributed by atoms with Crippen LogP contribution in [0, 0.1) is 18.6 Å². The number of methoxy groups -OCH3 is 1. The van der Waals surface area contributed by atoms with Gasteiger partial charge in [0.15, 0.2) is 11.0 Å². The van der Waals surface area contributed by atoms with Crippen LogP contribution in [0.1, 0.15) is 5.56 Å². The lowest BCUT2D eigenvalue weighted by Crippen LogP contribution is -2.18. The quantitative estimate of drug-likeness (QED) is 0.355. The third-order valence-electron chi connectivity index (χ3n) is 5.49. The number of nitrogens with one attached hydrogen (secondary N) is 1. The molecule has 0 spiro atoms. The van der Waals surface area contributed by atoms with Crippen molar-refractivity contribution in [1.29, 1.82) is 0 Å². The molecule has 1 unspecified atom stereocenters. The smallest absolute Gasteiger partial charge is 0.275 e. The van der Waals surface area contributed by atoms with Gasteiger partial charge in [-0.1, -0.05) is 6.07 Å². The summed E-state index contributed by atoms with van der Waals surface area (Å²) in [4.78, 5) is 17.1. The second kappa shape index (κ2) is 9.34. The summed E-state index contributed by atoms with van der Waals surface area (Å²) in [5.41, 5.74) is 1.31. The van der Waals surface area contributed by atoms with Crippen molar-refractivity contribution < 1.29 is 22.2 Å². The monoisotopic (exact) mass is 508 g/mol. The summed E-state index contributed by atoms with van der Waals surface area (Å²) in [5, 5.41) is 4.14. The van der Waals surface area contributed by atoms with E-state index < -0.39 is 28.2 Å². The predicted octanol–water partition coefficient (Wildman–Crippen LogP) is 4.77. The Balaban J connectivity index is 1.62. The van der Waals surface area contributed by atoms with E-state index in [1.54, 1.807) is 37.3 Å². The van der Waals surface area contributed by atoms with Gasteiger partial charge in [-0.05, 0) is 65.7 Å². The van der Waals surface area contributed by atoms with Gasteiger partial charge in [0.25, 0.3) is 11.5 Å². The molecule has 1 N–H and O–H groups in total. The molecule has 3 aromatic carbocycles. The van der Waals surface area contributed by atoms with Crippen molar-refractivity contribution >= 4 is 27.8 Å². The van der Waals surface area contributed by atoms with Gasteiger partial charge in [-0.25, -0.2) is 13.0 Å². The lowest BCUT2D eigenvalue weighted by Gasteiger charge is -2.16. The largest absolute Gasteiger partial charge is 0.495 e. The molecule has 0 saturated carbocycles. The number of nitrogens with zero attached hydrogens (tertiary/aromatic N) is 3. The fraction of sp³-hybridized carbons (Fsp3) is 0.0800. The number of ether oxygens (including phenoxy) is 1. The topological polar surface area (TPSA) is 99.2 Å². The molecular formula is C25H18F2N4O4S. The summed E-state index contributed by atoms with van der Waals surface area (Å²) in [5.74, 6) is -0.858. The fourth-order valence-electron chi connectivity index (χ4n) is 3.94. The second-order valence-corrected chi connectivity index (χ2v) is 9.09. The number of pyridine rings is 1. The summed E-state index contributed by atoms with van der Waals surface area (Å²) in [7, 11) is -0.300. The molecule has 0 aliphatic heterocycles. The highest BCUT2D eigenvalue weighted by molar-refractivity contribution is 7.86. The normalized spacial score (nSPS) is 12.0. The van der Waals surface area contributed by atoms with Crippen LogP contribution in [-0.4, -0.2) is 26.0 Å². The Bertz CT molecular complexity index is 1670. The Morgan fingerprint density at radius 3 is 2.61 bits per heavy atom. The molecule has 8 nitrogen and oxygen atoms in total. The first-order chi connectivity index (χ1) is 17.3. The van der Waals surface area contributed by atoms with E-state index >= 15 is 4.39 Å². The zero-order chi connectivity index (χ0) is 25.4. The Morgan fingerprint density at radius 2 is 1.89 bits per heavy atom. The fourth-order valence-corrected chi connectivity index (χ4v) is 4.74. The van der Waals surface area contributed by atoms with Gasteiger partial charge < -0.3 is 9.26 Å². The van der Waals surface area contributed by atoms with Crippen LogP contribution in [0.2, 0.25) is 0 Å². The zero-order valence-corrected chi connectivity index (χ0v) is 19.8. The number of anilines is 1. The van der Waals surface area contributed by atoms with Gasteiger partial charge in [-0.15, -0.1) is 0 Å². The number of aromatic nitrogens is 3. The first kappa shape index (κ1) is 23.4. The molecule has 0 fully saturated rings. The molecule has 182 valence electrons. The SMILES string of the molecule is COc1cc(-c2cc(C)cc(F)c2)c(F)cc1-n1c(=O)ccc2cc(S(=O)Nc3ncon3)ccc21. The molecule has 1 atom stereocenters. The number of aryl methyl sites for hydroxylation is 1. The van der Waals surface area contributed by atoms with Gasteiger partial charge in [0, 0.05) is 23.1 Å². The van der Waals surface area contributed by atoms with Crippen molar-refractivity contribution in [2.45, 2.75) is 11.8 Å². The van der Waals surface area contributed by atoms with Gasteiger partial charge in [0.2, 0.25) is 6.39 Å². The van der Waals surface area contributed by atoms with Crippen molar-refractivity contribution in [2.24, 2.45) is 0 Å². The lowest BCUT2D eigenvalue weighted by molar-refractivity contribution is 0.412. The molecule has 0 amide bonds. The minimum Gasteiger partial charge on any atom is -0.495 e. The molecule has 5 rings (SSSR count). The van der Waals surface area contributed by atoms with Gasteiger partial charge in [0.1, 0.15) is 17.4 Å². The van der Waals surface area contributed by atoms with Gasteiger partial charge in [-0.3, -0.25) is 14.1 Å². The van der Waals surface area contributed by atoms with Gasteiger partial charge in [0.05, 0.1) is 23.2 Å². The lowest BCUT2D eigenvalue weighted by atomic mass is 10.0. The van der Waals surface area contributed by atoms with E-state index in [2.05, 4.69) is 19.4 Å². The van der Waals surface area contributed by atoms with E-state index in [1.165, 1.54) is 42.0 Å². The van der Waals surface area contributed by atoms with Crippen molar-refractivity contribution in [3.63, 3.8) is 0 Å². The van der Waals surface area contributed by atoms with Crippen LogP contribution in [-0.2, 0) is 11.0 Å². The van der Waals surface area contributed by atoms with E-state index in [-0.39, 0.29) is 22.9 Å². The molecule has 0 aliphatic rings. The Morgan fingerprint density at radius 1 is 1.06 bits per heavy atom. The summed E-state index contributed by atoms with van der Waals surface area (Å²) >= 11 is 0. The number of benzene rings is 3. The standard InChI is InChI=1S/C25H18F2N4O4S/c1-14-7-16(9-17(26)8-14)19-11-23(34-2)22(12-20(19)27)31-21-5-4-18(10-15(21)3-6-24(31)32)36(33)30-25-28-13-35-29-25/h3-13H,1-2H3,(H,29,30). The van der Waals surface area contributed by atoms with E-state index in [0.29, 0.717) is 26.9 Å². The molecule has 0 saturated heterocycles. The van der Waals surface area contributed by atoms with Crippen LogP contribution in [0.5, 0.6) is 5.75 Å². The number of rotatable bonds is 6. The third-order valence-corrected chi connectivity index (χ3v) is 6.54. The Kier molecular flexibility index (Phi) is 6.06. The summed E-state index contributed by atoms with van der Waals surface area (Å²) in [6.45, 7) is 1.71. The summed E-state index contributed by atoms with van der Waals surface area (Å²) < 4.78 is 56.0. The maximum atomic E-state index is 15.3. The van der Waals surface area contributed by atoms with Crippen LogP contribution in [0.4, 0.5) is 14.7 Å². The van der Waals surface area contributed by atoms with Crippen LogP contribution >= 0.6 is 0 Å². The summed E-state index contributed by atoms with van der Waals surface area (Å²) in [6.07, 6.45) is 1.10. The number of hydrogen-bond donors (Lipinski definition) is 1. The van der Waals surface area contributed by atoms with Crippen molar-refractivity contribution in [3.8, 4) is 22.6 Å². The molecule has 11 heteroatoms. The molecule has 5 aromatic rings. The molecule has 0 aliphatic carbocycles. The number of fused-ring (bicyclic) bond motifs is 1. The van der Waals surface area contributed by atoms with E-state index in [0.717, 1.165) is 6.39 Å².